The summed E-state index contributed by atoms with van der Waals surface area (Å²) < 4.78 is 0. The highest BCUT2D eigenvalue weighted by atomic mass is 16.4. The summed E-state index contributed by atoms with van der Waals surface area (Å²) in [6.07, 6.45) is 3.25. The molecule has 0 saturated heterocycles. The number of aliphatic imine (C=N–C) groups is 1. The maximum Gasteiger partial charge on any atom is 0.310 e. The molecule has 5 nitrogen and oxygen atoms in total. The highest BCUT2D eigenvalue weighted by molar-refractivity contribution is 5.99. The number of nitrogens with zero attached hydrogens (tertiary/aromatic N) is 2. The van der Waals surface area contributed by atoms with Gasteiger partial charge in [0.25, 0.3) is 0 Å². The van der Waals surface area contributed by atoms with E-state index in [4.69, 9.17) is 10.9 Å². The molecule has 3 N–H and O–H groups in total. The first-order valence-electron chi connectivity index (χ1n) is 4.64. The van der Waals surface area contributed by atoms with Crippen molar-refractivity contribution in [1.82, 2.24) is 5.01 Å². The summed E-state index contributed by atoms with van der Waals surface area (Å²) in [5.74, 6) is 4.26. The molecule has 1 unspecified atom stereocenters. The number of hydrazine groups is 1. The predicted octanol–water partition coefficient (Wildman–Crippen LogP) is 1.10. The van der Waals surface area contributed by atoms with Gasteiger partial charge in [0.1, 0.15) is 0 Å². The molecule has 0 aromatic carbocycles. The fourth-order valence-electron chi connectivity index (χ4n) is 1.32. The van der Waals surface area contributed by atoms with Crippen molar-refractivity contribution >= 4 is 11.7 Å². The van der Waals surface area contributed by atoms with Crippen LogP contribution in [0.1, 0.15) is 20.8 Å². The van der Waals surface area contributed by atoms with Gasteiger partial charge in [0.05, 0.1) is 23.0 Å². The number of carboxylic acid groups (broad SMARTS) is 1. The molecule has 0 amide bonds. The van der Waals surface area contributed by atoms with Gasteiger partial charge in [-0.2, -0.15) is 0 Å². The molecule has 1 aliphatic rings. The van der Waals surface area contributed by atoms with Crippen LogP contribution in [-0.2, 0) is 4.79 Å². The maximum absolute atomic E-state index is 10.7. The predicted molar refractivity (Wildman–Crippen MR) is 57.8 cm³/mol. The van der Waals surface area contributed by atoms with Gasteiger partial charge in [-0.15, -0.1) is 0 Å². The van der Waals surface area contributed by atoms with E-state index in [0.29, 0.717) is 5.70 Å². The summed E-state index contributed by atoms with van der Waals surface area (Å²) in [6.45, 7) is 5.24. The van der Waals surface area contributed by atoms with Gasteiger partial charge in [-0.25, -0.2) is 5.84 Å². The van der Waals surface area contributed by atoms with Crippen molar-refractivity contribution in [1.29, 1.82) is 0 Å². The van der Waals surface area contributed by atoms with Crippen LogP contribution < -0.4 is 5.84 Å². The summed E-state index contributed by atoms with van der Waals surface area (Å²) in [5, 5.41) is 10.2. The molecule has 1 atom stereocenters. The Morgan fingerprint density at radius 1 is 1.67 bits per heavy atom. The van der Waals surface area contributed by atoms with Crippen molar-refractivity contribution in [3.8, 4) is 0 Å². The van der Waals surface area contributed by atoms with Crippen molar-refractivity contribution in [2.75, 3.05) is 0 Å². The van der Waals surface area contributed by atoms with Gasteiger partial charge in [0, 0.05) is 6.20 Å². The maximum atomic E-state index is 10.7. The lowest BCUT2D eigenvalue weighted by atomic mass is 10.1. The Labute approximate surface area is 88.6 Å². The van der Waals surface area contributed by atoms with Gasteiger partial charge in [0.2, 0.25) is 0 Å². The summed E-state index contributed by atoms with van der Waals surface area (Å²) in [5.41, 5.74) is 2.16. The zero-order valence-corrected chi connectivity index (χ0v) is 9.06. The van der Waals surface area contributed by atoms with E-state index in [0.717, 1.165) is 11.4 Å². The molecule has 82 valence electrons. The lowest BCUT2D eigenvalue weighted by molar-refractivity contribution is -0.139. The number of hydrogen-bond donors (Lipinski definition) is 2. The number of carbonyl (C=O) groups is 1. The Kier molecular flexibility index (Phi) is 3.26. The molecule has 0 aliphatic carbocycles. The highest BCUT2D eigenvalue weighted by Gasteiger charge is 2.16. The van der Waals surface area contributed by atoms with Crippen LogP contribution in [0.5, 0.6) is 0 Å². The van der Waals surface area contributed by atoms with E-state index in [2.05, 4.69) is 4.99 Å². The average Bonchev–Trinajstić information content (AvgIpc) is 2.10. The molecule has 0 bridgehead atoms. The second-order valence-electron chi connectivity index (χ2n) is 3.55. The van der Waals surface area contributed by atoms with E-state index in [-0.39, 0.29) is 0 Å². The molecule has 0 aromatic heterocycles. The lowest BCUT2D eigenvalue weighted by Crippen LogP contribution is -2.31. The van der Waals surface area contributed by atoms with E-state index in [1.165, 1.54) is 5.01 Å². The third-order valence-corrected chi connectivity index (χ3v) is 2.12. The second kappa shape index (κ2) is 4.27. The van der Waals surface area contributed by atoms with Crippen LogP contribution in [0.2, 0.25) is 0 Å². The number of nitrogens with two attached hydrogens (primary N) is 1. The normalized spacial score (nSPS) is 21.1. The zero-order chi connectivity index (χ0) is 11.6. The quantitative estimate of drug-likeness (QED) is 0.667. The average molecular weight is 209 g/mol. The molecular weight excluding hydrogens is 194 g/mol. The summed E-state index contributed by atoms with van der Waals surface area (Å²) in [6, 6.07) is 0. The van der Waals surface area contributed by atoms with Crippen molar-refractivity contribution in [3.63, 3.8) is 0 Å². The molecule has 0 spiro atoms. The third-order valence-electron chi connectivity index (χ3n) is 2.12. The molecule has 0 saturated carbocycles. The Hall–Kier alpha value is -1.62. The van der Waals surface area contributed by atoms with E-state index in [1.54, 1.807) is 26.1 Å². The Bertz CT molecular complexity index is 369. The van der Waals surface area contributed by atoms with Gasteiger partial charge in [0.15, 0.2) is 0 Å². The fourth-order valence-corrected chi connectivity index (χ4v) is 1.32. The first kappa shape index (κ1) is 11.5. The first-order chi connectivity index (χ1) is 6.91. The van der Waals surface area contributed by atoms with Crippen LogP contribution in [-0.4, -0.2) is 21.8 Å². The summed E-state index contributed by atoms with van der Waals surface area (Å²) in [7, 11) is 0. The van der Waals surface area contributed by atoms with Crippen LogP contribution in [0, 0.1) is 5.92 Å². The second-order valence-corrected chi connectivity index (χ2v) is 3.55. The van der Waals surface area contributed by atoms with Gasteiger partial charge < -0.3 is 5.11 Å². The topological polar surface area (TPSA) is 78.9 Å². The minimum Gasteiger partial charge on any atom is -0.481 e. The van der Waals surface area contributed by atoms with Gasteiger partial charge in [-0.3, -0.25) is 14.8 Å². The lowest BCUT2D eigenvalue weighted by Gasteiger charge is -2.23. The SMILES string of the molecule is CC1=CN(N)/C(=C\C(C)C(=O)O)C(C)=N1. The molecule has 1 rings (SSSR count). The number of aliphatic carboxylic acids is 1. The molecule has 0 fully saturated rings. The van der Waals surface area contributed by atoms with Crippen LogP contribution in [0.3, 0.4) is 0 Å². The molecule has 0 radical (unpaired) electrons. The molecule has 5 heteroatoms. The van der Waals surface area contributed by atoms with Crippen LogP contribution in [0.25, 0.3) is 0 Å². The minimum absolute atomic E-state index is 0.581. The van der Waals surface area contributed by atoms with Crippen LogP contribution in [0.4, 0.5) is 0 Å². The Morgan fingerprint density at radius 2 is 2.27 bits per heavy atom. The largest absolute Gasteiger partial charge is 0.481 e. The molecule has 15 heavy (non-hydrogen) atoms. The number of rotatable bonds is 2. The van der Waals surface area contributed by atoms with Crippen molar-refractivity contribution in [3.05, 3.63) is 23.7 Å². The Morgan fingerprint density at radius 3 is 2.73 bits per heavy atom. The Balaban J connectivity index is 2.98. The molecule has 1 heterocycles. The smallest absolute Gasteiger partial charge is 0.310 e. The van der Waals surface area contributed by atoms with Crippen LogP contribution in [0.15, 0.2) is 28.7 Å². The van der Waals surface area contributed by atoms with Gasteiger partial charge in [-0.05, 0) is 26.8 Å². The standard InChI is InChI=1S/C10H15N3O2/c1-6(10(14)15)4-9-8(3)12-7(2)5-13(9)11/h4-6H,11H2,1-3H3,(H,14,15)/b9-4-. The van der Waals surface area contributed by atoms with E-state index in [9.17, 15) is 4.79 Å². The van der Waals surface area contributed by atoms with Gasteiger partial charge in [-0.1, -0.05) is 0 Å². The van der Waals surface area contributed by atoms with Crippen molar-refractivity contribution in [2.45, 2.75) is 20.8 Å². The highest BCUT2D eigenvalue weighted by Crippen LogP contribution is 2.16. The van der Waals surface area contributed by atoms with Crippen molar-refractivity contribution < 1.29 is 9.90 Å². The molecule has 0 aromatic rings. The monoisotopic (exact) mass is 209 g/mol. The number of carboxylic acids is 1. The van der Waals surface area contributed by atoms with Crippen molar-refractivity contribution in [2.24, 2.45) is 16.8 Å². The number of hydrogen-bond acceptors (Lipinski definition) is 4. The number of allylic oxidation sites excluding steroid dienone is 2. The molecule has 1 aliphatic heterocycles. The van der Waals surface area contributed by atoms with E-state index < -0.39 is 11.9 Å². The third kappa shape index (κ3) is 2.66. The summed E-state index contributed by atoms with van der Waals surface area (Å²) >= 11 is 0. The van der Waals surface area contributed by atoms with E-state index >= 15 is 0 Å². The molecular formula is C10H15N3O2. The zero-order valence-electron chi connectivity index (χ0n) is 9.06. The van der Waals surface area contributed by atoms with Gasteiger partial charge >= 0.3 is 5.97 Å². The first-order valence-corrected chi connectivity index (χ1v) is 4.64. The minimum atomic E-state index is -0.880. The summed E-state index contributed by atoms with van der Waals surface area (Å²) in [4.78, 5) is 14.9. The fraction of sp³-hybridized carbons (Fsp3) is 0.400. The van der Waals surface area contributed by atoms with Crippen LogP contribution >= 0.6 is 0 Å². The van der Waals surface area contributed by atoms with E-state index in [1.807, 2.05) is 6.92 Å².